The third-order valence-electron chi connectivity index (χ3n) is 4.30. The van der Waals surface area contributed by atoms with Crippen molar-refractivity contribution in [3.05, 3.63) is 52.7 Å². The molecular formula is C17H19F3NO4+. The van der Waals surface area contributed by atoms with Crippen molar-refractivity contribution in [3.8, 4) is 0 Å². The molecule has 0 atom stereocenters. The van der Waals surface area contributed by atoms with Crippen LogP contribution < -0.4 is 0 Å². The second-order valence-corrected chi connectivity index (χ2v) is 5.79. The van der Waals surface area contributed by atoms with Gasteiger partial charge in [-0.25, -0.2) is 4.79 Å². The van der Waals surface area contributed by atoms with Crippen molar-refractivity contribution in [3.63, 3.8) is 0 Å². The smallest absolute Gasteiger partial charge is 0.417 e. The van der Waals surface area contributed by atoms with E-state index in [1.165, 1.54) is 31.3 Å². The molecule has 1 aromatic carbocycles. The fourth-order valence-electron chi connectivity index (χ4n) is 3.29. The highest BCUT2D eigenvalue weighted by molar-refractivity contribution is 5.96. The van der Waals surface area contributed by atoms with Gasteiger partial charge in [-0.3, -0.25) is 4.48 Å². The minimum atomic E-state index is -4.62. The molecule has 1 aromatic rings. The zero-order valence-corrected chi connectivity index (χ0v) is 13.5. The lowest BCUT2D eigenvalue weighted by molar-refractivity contribution is -0.807. The number of benzene rings is 1. The van der Waals surface area contributed by atoms with E-state index in [0.29, 0.717) is 0 Å². The molecule has 0 fully saturated rings. The fraction of sp³-hybridized carbons (Fsp3) is 0.353. The number of aliphatic carboxylic acids is 1. The molecule has 8 heteroatoms. The van der Waals surface area contributed by atoms with Crippen LogP contribution in [0.3, 0.4) is 0 Å². The van der Waals surface area contributed by atoms with Gasteiger partial charge in [-0.2, -0.15) is 13.2 Å². The predicted molar refractivity (Wildman–Crippen MR) is 83.9 cm³/mol. The number of aliphatic hydroxyl groups is 2. The molecule has 0 saturated carbocycles. The number of nitrogens with zero attached hydrogens (tertiary/aromatic N) is 1. The average molecular weight is 358 g/mol. The molecule has 0 unspecified atom stereocenters. The highest BCUT2D eigenvalue weighted by atomic mass is 19.4. The molecule has 25 heavy (non-hydrogen) atoms. The van der Waals surface area contributed by atoms with Crippen LogP contribution in [-0.2, 0) is 11.0 Å². The molecule has 3 N–H and O–H groups in total. The number of carboxylic acid groups (broad SMARTS) is 1. The Morgan fingerprint density at radius 3 is 2.16 bits per heavy atom. The molecule has 1 heterocycles. The zero-order valence-electron chi connectivity index (χ0n) is 13.5. The first-order valence-corrected chi connectivity index (χ1v) is 7.61. The van der Waals surface area contributed by atoms with E-state index >= 15 is 0 Å². The minimum absolute atomic E-state index is 0.0454. The summed E-state index contributed by atoms with van der Waals surface area (Å²) in [6, 6.07) is 4.91. The molecule has 136 valence electrons. The normalized spacial score (nSPS) is 17.0. The van der Waals surface area contributed by atoms with Crippen LogP contribution in [0.4, 0.5) is 13.2 Å². The standard InChI is InChI=1S/C17H18F3NO4/c1-11-13(16(24)25)10-21(6-8-22,7-9-23)15(11)12-4-2-3-5-14(12)17(18,19)20/h2-5,10,22-23H,6-9H2,1H3/p+1. The lowest BCUT2D eigenvalue weighted by Crippen LogP contribution is -2.44. The summed E-state index contributed by atoms with van der Waals surface area (Å²) in [6.45, 7) is 0.590. The molecule has 0 amide bonds. The average Bonchev–Trinajstić information content (AvgIpc) is 2.80. The van der Waals surface area contributed by atoms with Gasteiger partial charge in [0.05, 0.1) is 18.8 Å². The first-order valence-electron chi connectivity index (χ1n) is 7.61. The van der Waals surface area contributed by atoms with Crippen molar-refractivity contribution in [1.82, 2.24) is 0 Å². The molecule has 5 nitrogen and oxygen atoms in total. The van der Waals surface area contributed by atoms with E-state index in [2.05, 4.69) is 0 Å². The van der Waals surface area contributed by atoms with Gasteiger partial charge in [-0.15, -0.1) is 0 Å². The van der Waals surface area contributed by atoms with Gasteiger partial charge < -0.3 is 15.3 Å². The van der Waals surface area contributed by atoms with E-state index in [4.69, 9.17) is 0 Å². The Hall–Kier alpha value is -2.16. The Bertz CT molecular complexity index is 732. The Kier molecular flexibility index (Phi) is 5.36. The van der Waals surface area contributed by atoms with Crippen molar-refractivity contribution in [2.45, 2.75) is 13.1 Å². The second kappa shape index (κ2) is 6.99. The lowest BCUT2D eigenvalue weighted by Gasteiger charge is -2.34. The van der Waals surface area contributed by atoms with Crippen LogP contribution in [0.15, 0.2) is 41.6 Å². The Balaban J connectivity index is 2.78. The lowest BCUT2D eigenvalue weighted by atomic mass is 9.98. The number of carboxylic acids is 1. The zero-order chi connectivity index (χ0) is 18.8. The van der Waals surface area contributed by atoms with Crippen molar-refractivity contribution >= 4 is 11.7 Å². The molecule has 0 radical (unpaired) electrons. The maximum Gasteiger partial charge on any atom is 0.417 e. The number of carbonyl (C=O) groups is 1. The molecule has 0 spiro atoms. The number of halogens is 3. The number of rotatable bonds is 6. The van der Waals surface area contributed by atoms with Gasteiger partial charge in [0.1, 0.15) is 30.6 Å². The topological polar surface area (TPSA) is 77.8 Å². The van der Waals surface area contributed by atoms with E-state index in [0.717, 1.165) is 6.07 Å². The molecule has 1 aliphatic rings. The third-order valence-corrected chi connectivity index (χ3v) is 4.30. The van der Waals surface area contributed by atoms with Gasteiger partial charge in [0.2, 0.25) is 0 Å². The van der Waals surface area contributed by atoms with E-state index in [9.17, 15) is 33.3 Å². The summed E-state index contributed by atoms with van der Waals surface area (Å²) in [7, 11) is 0. The summed E-state index contributed by atoms with van der Waals surface area (Å²) < 4.78 is 40.0. The molecule has 0 aromatic heterocycles. The second-order valence-electron chi connectivity index (χ2n) is 5.79. The van der Waals surface area contributed by atoms with Gasteiger partial charge >= 0.3 is 12.1 Å². The number of hydrogen-bond donors (Lipinski definition) is 3. The molecule has 0 bridgehead atoms. The quantitative estimate of drug-likeness (QED) is 0.682. The van der Waals surface area contributed by atoms with Crippen LogP contribution in [0.25, 0.3) is 5.70 Å². The molecule has 0 aliphatic carbocycles. The summed E-state index contributed by atoms with van der Waals surface area (Å²) in [6.07, 6.45) is -3.32. The van der Waals surface area contributed by atoms with E-state index in [-0.39, 0.29) is 53.2 Å². The van der Waals surface area contributed by atoms with Crippen LogP contribution in [0.5, 0.6) is 0 Å². The van der Waals surface area contributed by atoms with Gasteiger partial charge in [0, 0.05) is 11.1 Å². The van der Waals surface area contributed by atoms with Crippen LogP contribution in [-0.4, -0.2) is 52.1 Å². The Morgan fingerprint density at radius 1 is 1.12 bits per heavy atom. The van der Waals surface area contributed by atoms with Crippen LogP contribution >= 0.6 is 0 Å². The largest absolute Gasteiger partial charge is 0.477 e. The fourth-order valence-corrected chi connectivity index (χ4v) is 3.29. The van der Waals surface area contributed by atoms with Crippen molar-refractivity contribution in [1.29, 1.82) is 0 Å². The van der Waals surface area contributed by atoms with Crippen LogP contribution in [0, 0.1) is 0 Å². The monoisotopic (exact) mass is 358 g/mol. The Labute approximate surface area is 142 Å². The molecule has 2 rings (SSSR count). The maximum atomic E-state index is 13.4. The van der Waals surface area contributed by atoms with Crippen molar-refractivity contribution < 1.29 is 37.8 Å². The van der Waals surface area contributed by atoms with Crippen molar-refractivity contribution in [2.24, 2.45) is 0 Å². The van der Waals surface area contributed by atoms with E-state index < -0.39 is 17.7 Å². The third kappa shape index (κ3) is 3.46. The summed E-state index contributed by atoms with van der Waals surface area (Å²) >= 11 is 0. The Morgan fingerprint density at radius 2 is 1.68 bits per heavy atom. The summed E-state index contributed by atoms with van der Waals surface area (Å²) in [5.74, 6) is -1.27. The van der Waals surface area contributed by atoms with E-state index in [1.807, 2.05) is 0 Å². The SMILES string of the molecule is CC1=C(c2ccccc2C(F)(F)F)[N+](CCO)(CCO)C=C1C(=O)O. The highest BCUT2D eigenvalue weighted by Gasteiger charge is 2.45. The summed E-state index contributed by atoms with van der Waals surface area (Å²) in [5, 5.41) is 28.2. The number of aliphatic hydroxyl groups excluding tert-OH is 2. The predicted octanol–water partition coefficient (Wildman–Crippen LogP) is 2.22. The highest BCUT2D eigenvalue weighted by Crippen LogP contribution is 2.44. The van der Waals surface area contributed by atoms with Gasteiger partial charge in [-0.1, -0.05) is 12.1 Å². The maximum absolute atomic E-state index is 13.4. The van der Waals surface area contributed by atoms with Crippen LogP contribution in [0.2, 0.25) is 0 Å². The molecular weight excluding hydrogens is 339 g/mol. The summed E-state index contributed by atoms with van der Waals surface area (Å²) in [4.78, 5) is 11.5. The number of quaternary nitrogens is 1. The summed E-state index contributed by atoms with van der Waals surface area (Å²) in [5.41, 5.74) is -0.849. The van der Waals surface area contributed by atoms with Crippen molar-refractivity contribution in [2.75, 3.05) is 26.3 Å². The molecule has 0 saturated heterocycles. The van der Waals surface area contributed by atoms with E-state index in [1.54, 1.807) is 0 Å². The first kappa shape index (κ1) is 19.2. The molecule has 1 aliphatic heterocycles. The number of hydrogen-bond acceptors (Lipinski definition) is 3. The van der Waals surface area contributed by atoms with Gasteiger partial charge in [0.25, 0.3) is 0 Å². The van der Waals surface area contributed by atoms with Gasteiger partial charge in [0.15, 0.2) is 0 Å². The van der Waals surface area contributed by atoms with Gasteiger partial charge in [-0.05, 0) is 19.1 Å². The number of alkyl halides is 3. The minimum Gasteiger partial charge on any atom is -0.477 e. The first-order chi connectivity index (χ1) is 11.7. The van der Waals surface area contributed by atoms with Crippen LogP contribution in [0.1, 0.15) is 18.1 Å².